The zero-order valence-electron chi connectivity index (χ0n) is 17.0. The van der Waals surface area contributed by atoms with Crippen molar-refractivity contribution in [3.05, 3.63) is 23.0 Å². The van der Waals surface area contributed by atoms with Gasteiger partial charge in [0.05, 0.1) is 16.6 Å². The summed E-state index contributed by atoms with van der Waals surface area (Å²) in [6.45, 7) is 8.37. The Morgan fingerprint density at radius 3 is 2.37 bits per heavy atom. The van der Waals surface area contributed by atoms with Crippen molar-refractivity contribution in [2.24, 2.45) is 5.92 Å². The highest BCUT2D eigenvalue weighted by Crippen LogP contribution is 2.38. The Kier molecular flexibility index (Phi) is 4.95. The summed E-state index contributed by atoms with van der Waals surface area (Å²) in [5, 5.41) is 4.87. The topological polar surface area (TPSA) is 59.2 Å². The van der Waals surface area contributed by atoms with E-state index >= 15 is 0 Å². The van der Waals surface area contributed by atoms with E-state index in [1.807, 2.05) is 13.0 Å². The standard InChI is InChI=1S/C22H31N3O2/c1-5-15-6-8-16(9-7-15)25(17-10-11-17)22(26)18-12-19(13(2)3)23-21-20(18)14(4)24-27-21/h12-13,15-17H,5-11H2,1-4H3. The Morgan fingerprint density at radius 1 is 1.19 bits per heavy atom. The highest BCUT2D eigenvalue weighted by molar-refractivity contribution is 6.06. The number of aromatic nitrogens is 2. The fraction of sp³-hybridized carbons (Fsp3) is 0.682. The van der Waals surface area contributed by atoms with Crippen molar-refractivity contribution in [1.29, 1.82) is 0 Å². The third-order valence-electron chi connectivity index (χ3n) is 6.42. The maximum Gasteiger partial charge on any atom is 0.259 e. The van der Waals surface area contributed by atoms with E-state index in [-0.39, 0.29) is 11.8 Å². The van der Waals surface area contributed by atoms with Gasteiger partial charge in [-0.3, -0.25) is 4.79 Å². The molecule has 0 bridgehead atoms. The quantitative estimate of drug-likeness (QED) is 0.724. The molecule has 0 aliphatic heterocycles. The lowest BCUT2D eigenvalue weighted by Gasteiger charge is -2.37. The summed E-state index contributed by atoms with van der Waals surface area (Å²) in [4.78, 5) is 20.5. The lowest BCUT2D eigenvalue weighted by Crippen LogP contribution is -2.44. The van der Waals surface area contributed by atoms with Crippen molar-refractivity contribution >= 4 is 17.0 Å². The van der Waals surface area contributed by atoms with E-state index in [9.17, 15) is 4.79 Å². The summed E-state index contributed by atoms with van der Waals surface area (Å²) in [7, 11) is 0. The van der Waals surface area contributed by atoms with Crippen molar-refractivity contribution in [3.63, 3.8) is 0 Å². The fourth-order valence-electron chi connectivity index (χ4n) is 4.53. The molecule has 2 aliphatic rings. The number of aryl methyl sites for hydroxylation is 1. The van der Waals surface area contributed by atoms with Gasteiger partial charge < -0.3 is 9.42 Å². The number of carbonyl (C=O) groups excluding carboxylic acids is 1. The summed E-state index contributed by atoms with van der Waals surface area (Å²) < 4.78 is 5.43. The van der Waals surface area contributed by atoms with Gasteiger partial charge in [0.1, 0.15) is 0 Å². The molecule has 27 heavy (non-hydrogen) atoms. The molecule has 2 aliphatic carbocycles. The van der Waals surface area contributed by atoms with Gasteiger partial charge in [0.25, 0.3) is 11.6 Å². The first-order valence-electron chi connectivity index (χ1n) is 10.6. The third kappa shape index (κ3) is 3.48. The summed E-state index contributed by atoms with van der Waals surface area (Å²) in [5.41, 5.74) is 2.87. The van der Waals surface area contributed by atoms with Gasteiger partial charge in [-0.1, -0.05) is 32.3 Å². The minimum atomic E-state index is 0.151. The van der Waals surface area contributed by atoms with Crippen LogP contribution in [0.5, 0.6) is 0 Å². The van der Waals surface area contributed by atoms with E-state index in [2.05, 4.69) is 35.8 Å². The van der Waals surface area contributed by atoms with Crippen LogP contribution < -0.4 is 0 Å². The van der Waals surface area contributed by atoms with Crippen molar-refractivity contribution in [3.8, 4) is 0 Å². The van der Waals surface area contributed by atoms with Crippen molar-refractivity contribution < 1.29 is 9.32 Å². The first-order chi connectivity index (χ1) is 13.0. The van der Waals surface area contributed by atoms with Crippen molar-refractivity contribution in [2.75, 3.05) is 0 Å². The molecule has 5 nitrogen and oxygen atoms in total. The van der Waals surface area contributed by atoms with Crippen LogP contribution in [0.25, 0.3) is 11.1 Å². The Labute approximate surface area is 161 Å². The minimum Gasteiger partial charge on any atom is -0.336 e. The zero-order valence-corrected chi connectivity index (χ0v) is 17.0. The summed E-state index contributed by atoms with van der Waals surface area (Å²) in [5.74, 6) is 1.22. The number of fused-ring (bicyclic) bond motifs is 1. The summed E-state index contributed by atoms with van der Waals surface area (Å²) in [6.07, 6.45) is 8.27. The van der Waals surface area contributed by atoms with Crippen LogP contribution in [0.15, 0.2) is 10.6 Å². The van der Waals surface area contributed by atoms with Crippen LogP contribution in [0, 0.1) is 12.8 Å². The zero-order chi connectivity index (χ0) is 19.1. The van der Waals surface area contributed by atoms with Crippen molar-refractivity contribution in [2.45, 2.75) is 90.6 Å². The number of hydrogen-bond donors (Lipinski definition) is 0. The molecule has 0 radical (unpaired) electrons. The van der Waals surface area contributed by atoms with Crippen LogP contribution in [0.2, 0.25) is 0 Å². The Hall–Kier alpha value is -1.91. The smallest absolute Gasteiger partial charge is 0.259 e. The molecule has 2 aromatic rings. The van der Waals surface area contributed by atoms with Gasteiger partial charge in [-0.2, -0.15) is 0 Å². The van der Waals surface area contributed by atoms with Gasteiger partial charge in [0, 0.05) is 17.8 Å². The van der Waals surface area contributed by atoms with Crippen LogP contribution in [0.1, 0.15) is 93.4 Å². The molecule has 2 aromatic heterocycles. The molecule has 2 heterocycles. The van der Waals surface area contributed by atoms with Gasteiger partial charge in [0.15, 0.2) is 0 Å². The molecule has 0 spiro atoms. The summed E-state index contributed by atoms with van der Waals surface area (Å²) >= 11 is 0. The van der Waals surface area contributed by atoms with E-state index in [0.29, 0.717) is 17.8 Å². The molecule has 0 N–H and O–H groups in total. The minimum absolute atomic E-state index is 0.151. The van der Waals surface area contributed by atoms with Gasteiger partial charge in [-0.05, 0) is 63.4 Å². The molecular weight excluding hydrogens is 338 g/mol. The van der Waals surface area contributed by atoms with E-state index in [1.54, 1.807) is 0 Å². The Balaban J connectivity index is 1.70. The predicted molar refractivity (Wildman–Crippen MR) is 106 cm³/mol. The number of rotatable bonds is 5. The number of nitrogens with zero attached hydrogens (tertiary/aromatic N) is 3. The third-order valence-corrected chi connectivity index (χ3v) is 6.42. The van der Waals surface area contributed by atoms with E-state index < -0.39 is 0 Å². The van der Waals surface area contributed by atoms with Gasteiger partial charge in [-0.25, -0.2) is 4.98 Å². The summed E-state index contributed by atoms with van der Waals surface area (Å²) in [6, 6.07) is 2.76. The molecule has 2 fully saturated rings. The second kappa shape index (κ2) is 7.25. The second-order valence-electron chi connectivity index (χ2n) is 8.72. The van der Waals surface area contributed by atoms with Crippen molar-refractivity contribution in [1.82, 2.24) is 15.0 Å². The number of carbonyl (C=O) groups is 1. The Bertz CT molecular complexity index is 829. The maximum atomic E-state index is 13.7. The number of amides is 1. The molecule has 1 amide bonds. The van der Waals surface area contributed by atoms with Crippen LogP contribution in [0.4, 0.5) is 0 Å². The molecule has 0 unspecified atom stereocenters. The second-order valence-corrected chi connectivity index (χ2v) is 8.72. The number of hydrogen-bond acceptors (Lipinski definition) is 4. The van der Waals surface area contributed by atoms with E-state index in [1.165, 1.54) is 19.3 Å². The Morgan fingerprint density at radius 2 is 1.81 bits per heavy atom. The van der Waals surface area contributed by atoms with Gasteiger partial charge in [0.2, 0.25) is 0 Å². The monoisotopic (exact) mass is 369 g/mol. The molecule has 5 heteroatoms. The molecule has 4 rings (SSSR count). The first-order valence-corrected chi connectivity index (χ1v) is 10.6. The van der Waals surface area contributed by atoms with Gasteiger partial charge >= 0.3 is 0 Å². The normalized spacial score (nSPS) is 23.1. The first kappa shape index (κ1) is 18.5. The number of pyridine rings is 1. The van der Waals surface area contributed by atoms with E-state index in [4.69, 9.17) is 4.52 Å². The maximum absolute atomic E-state index is 13.7. The molecular formula is C22H31N3O2. The van der Waals surface area contributed by atoms with Crippen LogP contribution in [-0.2, 0) is 0 Å². The molecule has 0 atom stereocenters. The lowest BCUT2D eigenvalue weighted by atomic mass is 9.83. The molecule has 146 valence electrons. The molecule has 0 aromatic carbocycles. The molecule has 2 saturated carbocycles. The average molecular weight is 370 g/mol. The highest BCUT2D eigenvalue weighted by atomic mass is 16.5. The van der Waals surface area contributed by atoms with Crippen LogP contribution in [0.3, 0.4) is 0 Å². The fourth-order valence-corrected chi connectivity index (χ4v) is 4.53. The lowest BCUT2D eigenvalue weighted by molar-refractivity contribution is 0.0589. The predicted octanol–water partition coefficient (Wildman–Crippen LogP) is 5.23. The van der Waals surface area contributed by atoms with Gasteiger partial charge in [-0.15, -0.1) is 0 Å². The highest BCUT2D eigenvalue weighted by Gasteiger charge is 2.40. The van der Waals surface area contributed by atoms with Crippen LogP contribution in [-0.4, -0.2) is 33.0 Å². The molecule has 0 saturated heterocycles. The van der Waals surface area contributed by atoms with E-state index in [0.717, 1.165) is 53.9 Å². The van der Waals surface area contributed by atoms with Crippen LogP contribution >= 0.6 is 0 Å². The SMILES string of the molecule is CCC1CCC(N(C(=O)c2cc(C(C)C)nc3onc(C)c23)C2CC2)CC1. The average Bonchev–Trinajstić information content (AvgIpc) is 3.44. The largest absolute Gasteiger partial charge is 0.336 e.